The maximum Gasteiger partial charge on any atom is 0.326 e. The number of hydrogen-bond acceptors (Lipinski definition) is 7. The lowest BCUT2D eigenvalue weighted by Gasteiger charge is -2.27. The van der Waals surface area contributed by atoms with Crippen LogP contribution >= 0.6 is 11.8 Å². The molecular weight excluding hydrogens is 422 g/mol. The molecule has 0 heterocycles. The van der Waals surface area contributed by atoms with Crippen molar-refractivity contribution in [3.63, 3.8) is 0 Å². The summed E-state index contributed by atoms with van der Waals surface area (Å²) in [5.41, 5.74) is 11.3. The molecule has 0 spiro atoms. The molecule has 3 amide bonds. The number of carboxylic acids is 1. The first-order valence-electron chi connectivity index (χ1n) is 10.7. The van der Waals surface area contributed by atoms with Crippen LogP contribution in [0.1, 0.15) is 52.9 Å². The maximum atomic E-state index is 12.8. The zero-order valence-electron chi connectivity index (χ0n) is 19.0. The molecule has 0 saturated carbocycles. The summed E-state index contributed by atoms with van der Waals surface area (Å²) in [5.74, 6) is -2.21. The minimum atomic E-state index is -1.14. The van der Waals surface area contributed by atoms with Crippen molar-refractivity contribution in [1.82, 2.24) is 16.0 Å². The summed E-state index contributed by atoms with van der Waals surface area (Å²) in [6.45, 7) is 5.60. The normalized spacial score (nSPS) is 15.8. The lowest BCUT2D eigenvalue weighted by atomic mass is 9.97. The zero-order chi connectivity index (χ0) is 24.0. The van der Waals surface area contributed by atoms with Crippen LogP contribution in [0, 0.1) is 5.92 Å². The molecule has 0 saturated heterocycles. The van der Waals surface area contributed by atoms with Crippen molar-refractivity contribution in [2.45, 2.75) is 77.0 Å². The molecule has 0 aliphatic heterocycles. The Morgan fingerprint density at radius 2 is 1.61 bits per heavy atom. The number of aliphatic carboxylic acids is 1. The first kappa shape index (κ1) is 29.1. The summed E-state index contributed by atoms with van der Waals surface area (Å²) in [4.78, 5) is 49.0. The Morgan fingerprint density at radius 3 is 2.13 bits per heavy atom. The second-order valence-electron chi connectivity index (χ2n) is 7.67. The number of unbranched alkanes of at least 4 members (excludes halogenated alkanes) is 1. The van der Waals surface area contributed by atoms with E-state index in [4.69, 9.17) is 11.5 Å². The second-order valence-corrected chi connectivity index (χ2v) is 8.66. The lowest BCUT2D eigenvalue weighted by molar-refractivity contribution is -0.143. The van der Waals surface area contributed by atoms with Gasteiger partial charge >= 0.3 is 5.97 Å². The number of rotatable bonds is 16. The van der Waals surface area contributed by atoms with Gasteiger partial charge in [0.25, 0.3) is 0 Å². The quantitative estimate of drug-likeness (QED) is 0.171. The van der Waals surface area contributed by atoms with Gasteiger partial charge in [0, 0.05) is 0 Å². The third kappa shape index (κ3) is 11.4. The number of carboxylic acid groups (broad SMARTS) is 1. The standard InChI is InChI=1S/C20H39N5O5S/c1-5-12(2)16(19(28)24-15(20(29)30)8-6-7-10-21)25-17(26)13(3)23-18(27)14(22)9-11-31-4/h12-16H,5-11,21-22H2,1-4H3,(H,23,27)(H,24,28)(H,25,26)(H,29,30). The number of nitrogens with two attached hydrogens (primary N) is 2. The molecule has 5 atom stereocenters. The third-order valence-electron chi connectivity index (χ3n) is 5.08. The Morgan fingerprint density at radius 1 is 0.968 bits per heavy atom. The van der Waals surface area contributed by atoms with Gasteiger partial charge in [-0.25, -0.2) is 4.79 Å². The summed E-state index contributed by atoms with van der Waals surface area (Å²) in [6, 6.07) is -3.61. The highest BCUT2D eigenvalue weighted by molar-refractivity contribution is 7.98. The highest BCUT2D eigenvalue weighted by atomic mass is 32.2. The van der Waals surface area contributed by atoms with E-state index < -0.39 is 47.9 Å². The number of thioether (sulfide) groups is 1. The van der Waals surface area contributed by atoms with Crippen LogP contribution in [0.25, 0.3) is 0 Å². The molecule has 0 aliphatic rings. The van der Waals surface area contributed by atoms with Crippen LogP contribution in [0.15, 0.2) is 0 Å². The van der Waals surface area contributed by atoms with Crippen molar-refractivity contribution >= 4 is 35.5 Å². The number of carbonyl (C=O) groups is 4. The van der Waals surface area contributed by atoms with E-state index in [0.717, 1.165) is 5.75 Å². The molecule has 0 rings (SSSR count). The molecule has 180 valence electrons. The molecule has 0 aromatic carbocycles. The van der Waals surface area contributed by atoms with Gasteiger partial charge in [-0.05, 0) is 57.1 Å². The Labute approximate surface area is 189 Å². The van der Waals surface area contributed by atoms with E-state index in [1.165, 1.54) is 6.92 Å². The minimum absolute atomic E-state index is 0.242. The van der Waals surface area contributed by atoms with E-state index in [1.807, 2.05) is 13.2 Å². The van der Waals surface area contributed by atoms with Crippen LogP contribution in [-0.4, -0.2) is 71.5 Å². The molecule has 0 aliphatic carbocycles. The monoisotopic (exact) mass is 461 g/mol. The summed E-state index contributed by atoms with van der Waals surface area (Å²) in [7, 11) is 0. The van der Waals surface area contributed by atoms with Gasteiger partial charge in [0.15, 0.2) is 0 Å². The number of amides is 3. The van der Waals surface area contributed by atoms with Gasteiger partial charge in [0.2, 0.25) is 17.7 Å². The topological polar surface area (TPSA) is 177 Å². The minimum Gasteiger partial charge on any atom is -0.480 e. The van der Waals surface area contributed by atoms with Crippen LogP contribution in [0.4, 0.5) is 0 Å². The molecule has 11 heteroatoms. The molecule has 10 nitrogen and oxygen atoms in total. The highest BCUT2D eigenvalue weighted by Crippen LogP contribution is 2.10. The second kappa shape index (κ2) is 15.9. The fraction of sp³-hybridized carbons (Fsp3) is 0.800. The van der Waals surface area contributed by atoms with Crippen LogP contribution in [-0.2, 0) is 19.2 Å². The Kier molecular flexibility index (Phi) is 14.9. The Bertz CT molecular complexity index is 592. The largest absolute Gasteiger partial charge is 0.480 e. The van der Waals surface area contributed by atoms with Crippen molar-refractivity contribution in [2.24, 2.45) is 17.4 Å². The predicted molar refractivity (Wildman–Crippen MR) is 122 cm³/mol. The van der Waals surface area contributed by atoms with Crippen LogP contribution in [0.5, 0.6) is 0 Å². The molecule has 0 aromatic rings. The molecule has 0 radical (unpaired) electrons. The molecule has 0 aromatic heterocycles. The zero-order valence-corrected chi connectivity index (χ0v) is 19.8. The molecule has 5 unspecified atom stereocenters. The van der Waals surface area contributed by atoms with Gasteiger partial charge in [0.1, 0.15) is 18.1 Å². The van der Waals surface area contributed by atoms with Crippen LogP contribution < -0.4 is 27.4 Å². The van der Waals surface area contributed by atoms with Gasteiger partial charge in [-0.2, -0.15) is 11.8 Å². The van der Waals surface area contributed by atoms with Crippen molar-refractivity contribution < 1.29 is 24.3 Å². The van der Waals surface area contributed by atoms with E-state index >= 15 is 0 Å². The number of hydrogen-bond donors (Lipinski definition) is 6. The molecule has 0 fully saturated rings. The maximum absolute atomic E-state index is 12.8. The molecular formula is C20H39N5O5S. The fourth-order valence-electron chi connectivity index (χ4n) is 2.75. The summed E-state index contributed by atoms with van der Waals surface area (Å²) < 4.78 is 0. The summed E-state index contributed by atoms with van der Waals surface area (Å²) >= 11 is 1.57. The van der Waals surface area contributed by atoms with Crippen molar-refractivity contribution in [3.05, 3.63) is 0 Å². The van der Waals surface area contributed by atoms with Gasteiger partial charge in [-0.3, -0.25) is 14.4 Å². The summed E-state index contributed by atoms with van der Waals surface area (Å²) in [5, 5.41) is 17.1. The van der Waals surface area contributed by atoms with Crippen LogP contribution in [0.3, 0.4) is 0 Å². The van der Waals surface area contributed by atoms with Gasteiger partial charge in [0.05, 0.1) is 6.04 Å². The highest BCUT2D eigenvalue weighted by Gasteiger charge is 2.31. The van der Waals surface area contributed by atoms with E-state index in [2.05, 4.69) is 16.0 Å². The van der Waals surface area contributed by atoms with Crippen LogP contribution in [0.2, 0.25) is 0 Å². The predicted octanol–water partition coefficient (Wildman–Crippen LogP) is -0.199. The first-order chi connectivity index (χ1) is 14.6. The van der Waals surface area contributed by atoms with Crippen molar-refractivity contribution in [3.8, 4) is 0 Å². The molecule has 31 heavy (non-hydrogen) atoms. The SMILES string of the molecule is CCC(C)C(NC(=O)C(C)NC(=O)C(N)CCSC)C(=O)NC(CCCCN)C(=O)O. The number of carbonyl (C=O) groups excluding carboxylic acids is 3. The van der Waals surface area contributed by atoms with E-state index in [1.54, 1.807) is 18.7 Å². The van der Waals surface area contributed by atoms with Gasteiger partial charge in [-0.1, -0.05) is 20.3 Å². The first-order valence-corrected chi connectivity index (χ1v) is 12.1. The number of nitrogens with one attached hydrogen (secondary N) is 3. The fourth-order valence-corrected chi connectivity index (χ4v) is 3.24. The van der Waals surface area contributed by atoms with Crippen molar-refractivity contribution in [1.29, 1.82) is 0 Å². The Hall–Kier alpha value is -1.85. The summed E-state index contributed by atoms with van der Waals surface area (Å²) in [6.07, 6.45) is 4.45. The smallest absolute Gasteiger partial charge is 0.326 e. The van der Waals surface area contributed by atoms with Crippen molar-refractivity contribution in [2.75, 3.05) is 18.6 Å². The van der Waals surface area contributed by atoms with E-state index in [-0.39, 0.29) is 12.3 Å². The Balaban J connectivity index is 5.06. The van der Waals surface area contributed by atoms with E-state index in [9.17, 15) is 24.3 Å². The third-order valence-corrected chi connectivity index (χ3v) is 5.72. The lowest BCUT2D eigenvalue weighted by Crippen LogP contribution is -2.58. The van der Waals surface area contributed by atoms with Gasteiger partial charge in [-0.15, -0.1) is 0 Å². The van der Waals surface area contributed by atoms with Gasteiger partial charge < -0.3 is 32.5 Å². The van der Waals surface area contributed by atoms with E-state index in [0.29, 0.717) is 32.2 Å². The molecule has 0 bridgehead atoms. The molecule has 8 N–H and O–H groups in total. The average molecular weight is 462 g/mol. The average Bonchev–Trinajstić information content (AvgIpc) is 2.73.